The zero-order valence-electron chi connectivity index (χ0n) is 15.2. The molecular weight excluding hydrogens is 338 g/mol. The Bertz CT molecular complexity index is 743. The summed E-state index contributed by atoms with van der Waals surface area (Å²) in [6, 6.07) is 3.82. The Morgan fingerprint density at radius 1 is 1.12 bits per heavy atom. The summed E-state index contributed by atoms with van der Waals surface area (Å²) in [6.45, 7) is 0. The number of amides is 1. The van der Waals surface area contributed by atoms with Crippen LogP contribution in [0.3, 0.4) is 0 Å². The van der Waals surface area contributed by atoms with Crippen molar-refractivity contribution in [3.63, 3.8) is 0 Å². The van der Waals surface area contributed by atoms with E-state index in [0.717, 1.165) is 31.2 Å². The van der Waals surface area contributed by atoms with Crippen LogP contribution in [0.1, 0.15) is 47.8 Å². The fraction of sp³-hybridized carbons (Fsp3) is 0.500. The lowest BCUT2D eigenvalue weighted by Gasteiger charge is -2.13. The van der Waals surface area contributed by atoms with Gasteiger partial charge < -0.3 is 23.9 Å². The van der Waals surface area contributed by atoms with E-state index >= 15 is 0 Å². The van der Waals surface area contributed by atoms with E-state index in [-0.39, 0.29) is 17.8 Å². The number of rotatable bonds is 7. The topological polar surface area (TPSA) is 95.7 Å². The quantitative estimate of drug-likeness (QED) is 0.809. The predicted octanol–water partition coefficient (Wildman–Crippen LogP) is 2.36. The molecule has 1 aromatic carbocycles. The molecule has 1 amide bonds. The van der Waals surface area contributed by atoms with Gasteiger partial charge in [-0.2, -0.15) is 0 Å². The maximum absolute atomic E-state index is 12.2. The number of ether oxygens (including phenoxy) is 3. The normalized spacial score (nSPS) is 14.3. The molecule has 1 heterocycles. The molecule has 0 bridgehead atoms. The van der Waals surface area contributed by atoms with Gasteiger partial charge in [-0.1, -0.05) is 12.8 Å². The molecule has 140 valence electrons. The highest BCUT2D eigenvalue weighted by atomic mass is 16.5. The Balaban J connectivity index is 1.73. The van der Waals surface area contributed by atoms with Crippen molar-refractivity contribution >= 4 is 5.91 Å². The fourth-order valence-electron chi connectivity index (χ4n) is 3.15. The van der Waals surface area contributed by atoms with Gasteiger partial charge in [-0.05, 0) is 30.5 Å². The Kier molecular flexibility index (Phi) is 5.60. The van der Waals surface area contributed by atoms with Gasteiger partial charge in [0.1, 0.15) is 0 Å². The van der Waals surface area contributed by atoms with Gasteiger partial charge in [-0.3, -0.25) is 4.79 Å². The zero-order valence-corrected chi connectivity index (χ0v) is 15.2. The molecule has 0 unspecified atom stereocenters. The van der Waals surface area contributed by atoms with E-state index in [2.05, 4.69) is 15.5 Å². The first-order chi connectivity index (χ1) is 12.6. The minimum atomic E-state index is -0.319. The van der Waals surface area contributed by atoms with E-state index < -0.39 is 0 Å². The smallest absolute Gasteiger partial charge is 0.309 e. The van der Waals surface area contributed by atoms with Crippen molar-refractivity contribution in [2.75, 3.05) is 21.3 Å². The van der Waals surface area contributed by atoms with Crippen LogP contribution in [0.5, 0.6) is 17.2 Å². The summed E-state index contributed by atoms with van der Waals surface area (Å²) >= 11 is 0. The largest absolute Gasteiger partial charge is 0.493 e. The molecule has 0 saturated heterocycles. The SMILES string of the molecule is COc1cc(Cc2nnc(C(=O)NC3CCCC3)o2)cc(OC)c1OC. The molecular formula is C18H23N3O5. The molecule has 0 radical (unpaired) electrons. The first kappa shape index (κ1) is 18.0. The number of methoxy groups -OCH3 is 3. The number of nitrogens with zero attached hydrogens (tertiary/aromatic N) is 2. The van der Waals surface area contributed by atoms with Crippen LogP contribution in [-0.4, -0.2) is 43.5 Å². The number of carbonyl (C=O) groups is 1. The van der Waals surface area contributed by atoms with Crippen LogP contribution >= 0.6 is 0 Å². The van der Waals surface area contributed by atoms with Gasteiger partial charge in [0.15, 0.2) is 11.5 Å². The molecule has 1 aliphatic carbocycles. The van der Waals surface area contributed by atoms with Crippen LogP contribution in [0.15, 0.2) is 16.5 Å². The molecule has 0 spiro atoms. The van der Waals surface area contributed by atoms with Crippen molar-refractivity contribution in [2.45, 2.75) is 38.1 Å². The van der Waals surface area contributed by atoms with Crippen LogP contribution in [0, 0.1) is 0 Å². The Labute approximate surface area is 151 Å². The third-order valence-corrected chi connectivity index (χ3v) is 4.43. The lowest BCUT2D eigenvalue weighted by atomic mass is 10.1. The summed E-state index contributed by atoms with van der Waals surface area (Å²) in [5.41, 5.74) is 0.839. The molecule has 1 aromatic heterocycles. The Morgan fingerprint density at radius 2 is 1.77 bits per heavy atom. The van der Waals surface area contributed by atoms with Crippen LogP contribution in [-0.2, 0) is 6.42 Å². The summed E-state index contributed by atoms with van der Waals surface area (Å²) in [4.78, 5) is 12.2. The van der Waals surface area contributed by atoms with E-state index in [9.17, 15) is 4.79 Å². The number of benzene rings is 1. The molecule has 1 saturated carbocycles. The molecule has 1 fully saturated rings. The molecule has 8 heteroatoms. The summed E-state index contributed by atoms with van der Waals surface area (Å²) in [5, 5.41) is 10.8. The Morgan fingerprint density at radius 3 is 2.35 bits per heavy atom. The number of nitrogens with one attached hydrogen (secondary N) is 1. The molecule has 1 N–H and O–H groups in total. The minimum absolute atomic E-state index is 0.0145. The summed E-state index contributed by atoms with van der Waals surface area (Å²) in [7, 11) is 4.66. The van der Waals surface area contributed by atoms with Crippen molar-refractivity contribution in [3.8, 4) is 17.2 Å². The minimum Gasteiger partial charge on any atom is -0.493 e. The zero-order chi connectivity index (χ0) is 18.5. The molecule has 0 aliphatic heterocycles. The molecule has 8 nitrogen and oxygen atoms in total. The van der Waals surface area contributed by atoms with Gasteiger partial charge in [0.25, 0.3) is 0 Å². The van der Waals surface area contributed by atoms with Crippen LogP contribution in [0.4, 0.5) is 0 Å². The highest BCUT2D eigenvalue weighted by Gasteiger charge is 2.22. The van der Waals surface area contributed by atoms with Crippen molar-refractivity contribution in [1.29, 1.82) is 0 Å². The standard InChI is InChI=1S/C18H23N3O5/c1-23-13-8-11(9-14(24-2)16(13)25-3)10-15-20-21-18(26-15)17(22)19-12-6-4-5-7-12/h8-9,12H,4-7,10H2,1-3H3,(H,19,22). The highest BCUT2D eigenvalue weighted by Crippen LogP contribution is 2.38. The van der Waals surface area contributed by atoms with Crippen molar-refractivity contribution in [3.05, 3.63) is 29.5 Å². The van der Waals surface area contributed by atoms with Crippen LogP contribution in [0.2, 0.25) is 0 Å². The van der Waals surface area contributed by atoms with Crippen molar-refractivity contribution in [2.24, 2.45) is 0 Å². The third-order valence-electron chi connectivity index (χ3n) is 4.43. The summed E-state index contributed by atoms with van der Waals surface area (Å²) < 4.78 is 21.5. The van der Waals surface area contributed by atoms with E-state index in [4.69, 9.17) is 18.6 Å². The highest BCUT2D eigenvalue weighted by molar-refractivity contribution is 5.89. The number of hydrogen-bond acceptors (Lipinski definition) is 7. The monoisotopic (exact) mass is 361 g/mol. The van der Waals surface area contributed by atoms with Crippen LogP contribution in [0.25, 0.3) is 0 Å². The second-order valence-electron chi connectivity index (χ2n) is 6.17. The fourth-order valence-corrected chi connectivity index (χ4v) is 3.15. The third kappa shape index (κ3) is 3.89. The first-order valence-corrected chi connectivity index (χ1v) is 8.56. The van der Waals surface area contributed by atoms with E-state index in [1.165, 1.54) is 0 Å². The first-order valence-electron chi connectivity index (χ1n) is 8.56. The second-order valence-corrected chi connectivity index (χ2v) is 6.17. The van der Waals surface area contributed by atoms with Crippen molar-refractivity contribution in [1.82, 2.24) is 15.5 Å². The van der Waals surface area contributed by atoms with Crippen LogP contribution < -0.4 is 19.5 Å². The number of hydrogen-bond donors (Lipinski definition) is 1. The molecule has 0 atom stereocenters. The van der Waals surface area contributed by atoms with Gasteiger partial charge in [-0.25, -0.2) is 0 Å². The maximum atomic E-state index is 12.2. The molecule has 3 rings (SSSR count). The number of aromatic nitrogens is 2. The van der Waals surface area contributed by atoms with Crippen molar-refractivity contribution < 1.29 is 23.4 Å². The second kappa shape index (κ2) is 8.07. The van der Waals surface area contributed by atoms with Gasteiger partial charge in [-0.15, -0.1) is 10.2 Å². The van der Waals surface area contributed by atoms with Gasteiger partial charge in [0, 0.05) is 6.04 Å². The van der Waals surface area contributed by atoms with Gasteiger partial charge in [0.2, 0.25) is 11.6 Å². The average molecular weight is 361 g/mol. The van der Waals surface area contributed by atoms with Gasteiger partial charge >= 0.3 is 11.8 Å². The van der Waals surface area contributed by atoms with Gasteiger partial charge in [0.05, 0.1) is 27.8 Å². The lowest BCUT2D eigenvalue weighted by molar-refractivity contribution is 0.0901. The summed E-state index contributed by atoms with van der Waals surface area (Å²) in [6.07, 6.45) is 4.62. The maximum Gasteiger partial charge on any atom is 0.309 e. The summed E-state index contributed by atoms with van der Waals surface area (Å²) in [5.74, 6) is 1.61. The lowest BCUT2D eigenvalue weighted by Crippen LogP contribution is -2.32. The average Bonchev–Trinajstić information content (AvgIpc) is 3.32. The molecule has 26 heavy (non-hydrogen) atoms. The number of carbonyl (C=O) groups excluding carboxylic acids is 1. The predicted molar refractivity (Wildman–Crippen MR) is 92.9 cm³/mol. The molecule has 2 aromatic rings. The molecule has 1 aliphatic rings. The Hall–Kier alpha value is -2.77. The van der Waals surface area contributed by atoms with E-state index in [1.807, 2.05) is 12.1 Å². The van der Waals surface area contributed by atoms with E-state index in [0.29, 0.717) is 29.6 Å². The van der Waals surface area contributed by atoms with E-state index in [1.54, 1.807) is 21.3 Å².